The van der Waals surface area contributed by atoms with Gasteiger partial charge in [0.1, 0.15) is 18.1 Å². The SMILES string of the molecule is Cc1ccc(NC(=O)COc2ccc(OCc3ccccc3)cc2)c(Br)c1. The predicted molar refractivity (Wildman–Crippen MR) is 110 cm³/mol. The van der Waals surface area contributed by atoms with E-state index in [2.05, 4.69) is 21.2 Å². The minimum Gasteiger partial charge on any atom is -0.489 e. The fourth-order valence-electron chi connectivity index (χ4n) is 2.43. The van der Waals surface area contributed by atoms with E-state index < -0.39 is 0 Å². The first-order chi connectivity index (χ1) is 13.1. The normalized spacial score (nSPS) is 10.3. The number of ether oxygens (including phenoxy) is 2. The van der Waals surface area contributed by atoms with Crippen molar-refractivity contribution in [3.8, 4) is 11.5 Å². The van der Waals surface area contributed by atoms with E-state index in [0.717, 1.165) is 27.0 Å². The Hall–Kier alpha value is -2.79. The molecule has 0 fully saturated rings. The van der Waals surface area contributed by atoms with E-state index in [1.165, 1.54) is 0 Å². The Bertz CT molecular complexity index is 895. The van der Waals surface area contributed by atoms with Crippen LogP contribution in [0.25, 0.3) is 0 Å². The van der Waals surface area contributed by atoms with E-state index in [9.17, 15) is 4.79 Å². The zero-order valence-electron chi connectivity index (χ0n) is 14.9. The number of hydrogen-bond donors (Lipinski definition) is 1. The summed E-state index contributed by atoms with van der Waals surface area (Å²) in [5.41, 5.74) is 2.95. The fraction of sp³-hybridized carbons (Fsp3) is 0.136. The van der Waals surface area contributed by atoms with Gasteiger partial charge in [-0.1, -0.05) is 36.4 Å². The molecule has 0 aliphatic rings. The molecule has 138 valence electrons. The largest absolute Gasteiger partial charge is 0.489 e. The van der Waals surface area contributed by atoms with Gasteiger partial charge >= 0.3 is 0 Å². The minimum absolute atomic E-state index is 0.0649. The monoisotopic (exact) mass is 425 g/mol. The number of aryl methyl sites for hydroxylation is 1. The Morgan fingerprint density at radius 3 is 2.26 bits per heavy atom. The molecule has 3 aromatic rings. The van der Waals surface area contributed by atoms with Gasteiger partial charge in [-0.2, -0.15) is 0 Å². The third-order valence-electron chi connectivity index (χ3n) is 3.84. The van der Waals surface area contributed by atoms with E-state index >= 15 is 0 Å². The first-order valence-electron chi connectivity index (χ1n) is 8.56. The molecule has 0 aromatic heterocycles. The number of carbonyl (C=O) groups excluding carboxylic acids is 1. The van der Waals surface area contributed by atoms with Crippen molar-refractivity contribution in [2.75, 3.05) is 11.9 Å². The molecular formula is C22H20BrNO3. The molecule has 0 heterocycles. The number of halogens is 1. The highest BCUT2D eigenvalue weighted by atomic mass is 79.9. The van der Waals surface area contributed by atoms with Crippen LogP contribution in [0.1, 0.15) is 11.1 Å². The van der Waals surface area contributed by atoms with Gasteiger partial charge in [-0.15, -0.1) is 0 Å². The van der Waals surface area contributed by atoms with E-state index in [4.69, 9.17) is 9.47 Å². The van der Waals surface area contributed by atoms with E-state index in [0.29, 0.717) is 12.4 Å². The van der Waals surface area contributed by atoms with Gasteiger partial charge in [-0.05, 0) is 70.4 Å². The van der Waals surface area contributed by atoms with Crippen molar-refractivity contribution in [1.29, 1.82) is 0 Å². The quantitative estimate of drug-likeness (QED) is 0.554. The number of nitrogens with one attached hydrogen (secondary N) is 1. The van der Waals surface area contributed by atoms with Crippen LogP contribution >= 0.6 is 15.9 Å². The summed E-state index contributed by atoms with van der Waals surface area (Å²) in [5, 5.41) is 2.82. The van der Waals surface area contributed by atoms with E-state index in [1.807, 2.05) is 67.6 Å². The van der Waals surface area contributed by atoms with Gasteiger partial charge in [0.15, 0.2) is 6.61 Å². The van der Waals surface area contributed by atoms with Crippen LogP contribution in [0, 0.1) is 6.92 Å². The summed E-state index contributed by atoms with van der Waals surface area (Å²) in [7, 11) is 0. The maximum Gasteiger partial charge on any atom is 0.262 e. The predicted octanol–water partition coefficient (Wildman–Crippen LogP) is 5.35. The molecule has 1 N–H and O–H groups in total. The number of benzene rings is 3. The lowest BCUT2D eigenvalue weighted by Gasteiger charge is -2.10. The van der Waals surface area contributed by atoms with E-state index in [-0.39, 0.29) is 12.5 Å². The van der Waals surface area contributed by atoms with Crippen molar-refractivity contribution in [1.82, 2.24) is 0 Å². The summed E-state index contributed by atoms with van der Waals surface area (Å²) in [6.07, 6.45) is 0. The van der Waals surface area contributed by atoms with Crippen LogP contribution in [0.5, 0.6) is 11.5 Å². The lowest BCUT2D eigenvalue weighted by atomic mass is 10.2. The number of hydrogen-bond acceptors (Lipinski definition) is 3. The fourth-order valence-corrected chi connectivity index (χ4v) is 3.02. The number of amides is 1. The average molecular weight is 426 g/mol. The van der Waals surface area contributed by atoms with Gasteiger partial charge in [0.25, 0.3) is 5.91 Å². The van der Waals surface area contributed by atoms with E-state index in [1.54, 1.807) is 12.1 Å². The topological polar surface area (TPSA) is 47.6 Å². The van der Waals surface area contributed by atoms with Crippen molar-refractivity contribution in [3.05, 3.63) is 88.4 Å². The Balaban J connectivity index is 1.47. The van der Waals surface area contributed by atoms with Gasteiger partial charge in [-0.3, -0.25) is 4.79 Å². The molecule has 0 aliphatic carbocycles. The highest BCUT2D eigenvalue weighted by Gasteiger charge is 2.07. The smallest absolute Gasteiger partial charge is 0.262 e. The number of anilines is 1. The summed E-state index contributed by atoms with van der Waals surface area (Å²) in [6, 6.07) is 22.9. The molecule has 1 amide bonds. The minimum atomic E-state index is -0.219. The van der Waals surface area contributed by atoms with Gasteiger partial charge in [0.05, 0.1) is 5.69 Å². The third kappa shape index (κ3) is 5.86. The Kier molecular flexibility index (Phi) is 6.49. The highest BCUT2D eigenvalue weighted by Crippen LogP contribution is 2.23. The molecule has 0 atom stereocenters. The maximum absolute atomic E-state index is 12.1. The molecule has 3 aromatic carbocycles. The summed E-state index contributed by atoms with van der Waals surface area (Å²) in [4.78, 5) is 12.1. The zero-order valence-corrected chi connectivity index (χ0v) is 16.5. The first kappa shape index (κ1) is 19.0. The Morgan fingerprint density at radius 1 is 0.926 bits per heavy atom. The molecule has 0 aliphatic heterocycles. The molecule has 0 radical (unpaired) electrons. The van der Waals surface area contributed by atoms with Crippen molar-refractivity contribution in [3.63, 3.8) is 0 Å². The molecule has 27 heavy (non-hydrogen) atoms. The molecule has 0 spiro atoms. The van der Waals surface area contributed by atoms with Gasteiger partial charge in [-0.25, -0.2) is 0 Å². The van der Waals surface area contributed by atoms with Crippen LogP contribution in [0.4, 0.5) is 5.69 Å². The van der Waals surface area contributed by atoms with Crippen LogP contribution in [-0.4, -0.2) is 12.5 Å². The lowest BCUT2D eigenvalue weighted by Crippen LogP contribution is -2.20. The van der Waals surface area contributed by atoms with Gasteiger partial charge in [0.2, 0.25) is 0 Å². The summed E-state index contributed by atoms with van der Waals surface area (Å²) in [6.45, 7) is 2.44. The van der Waals surface area contributed by atoms with Crippen molar-refractivity contribution in [2.24, 2.45) is 0 Å². The van der Waals surface area contributed by atoms with Crippen LogP contribution in [0.3, 0.4) is 0 Å². The number of rotatable bonds is 7. The van der Waals surface area contributed by atoms with Gasteiger partial charge < -0.3 is 14.8 Å². The second-order valence-electron chi connectivity index (χ2n) is 6.07. The third-order valence-corrected chi connectivity index (χ3v) is 4.50. The molecule has 5 heteroatoms. The van der Waals surface area contributed by atoms with Crippen molar-refractivity contribution >= 4 is 27.5 Å². The maximum atomic E-state index is 12.1. The number of carbonyl (C=O) groups is 1. The second-order valence-corrected chi connectivity index (χ2v) is 6.92. The summed E-state index contributed by atoms with van der Waals surface area (Å²) < 4.78 is 12.1. The highest BCUT2D eigenvalue weighted by molar-refractivity contribution is 9.10. The van der Waals surface area contributed by atoms with Crippen molar-refractivity contribution in [2.45, 2.75) is 13.5 Å². The van der Waals surface area contributed by atoms with Gasteiger partial charge in [0, 0.05) is 4.47 Å². The molecular weight excluding hydrogens is 406 g/mol. The van der Waals surface area contributed by atoms with Crippen LogP contribution in [0.2, 0.25) is 0 Å². The summed E-state index contributed by atoms with van der Waals surface area (Å²) >= 11 is 3.44. The molecule has 0 saturated heterocycles. The summed E-state index contributed by atoms with van der Waals surface area (Å²) in [5.74, 6) is 1.14. The van der Waals surface area contributed by atoms with Crippen LogP contribution in [0.15, 0.2) is 77.3 Å². The molecule has 0 bridgehead atoms. The van der Waals surface area contributed by atoms with Crippen LogP contribution < -0.4 is 14.8 Å². The van der Waals surface area contributed by atoms with Crippen LogP contribution in [-0.2, 0) is 11.4 Å². The Morgan fingerprint density at radius 2 is 1.59 bits per heavy atom. The molecule has 4 nitrogen and oxygen atoms in total. The standard InChI is InChI=1S/C22H20BrNO3/c1-16-7-12-21(20(23)13-16)24-22(25)15-27-19-10-8-18(9-11-19)26-14-17-5-3-2-4-6-17/h2-13H,14-15H2,1H3,(H,24,25). The first-order valence-corrected chi connectivity index (χ1v) is 9.35. The Labute approximate surface area is 167 Å². The molecule has 0 unspecified atom stereocenters. The molecule has 0 saturated carbocycles. The molecule has 3 rings (SSSR count). The van der Waals surface area contributed by atoms with Crippen molar-refractivity contribution < 1.29 is 14.3 Å². The lowest BCUT2D eigenvalue weighted by molar-refractivity contribution is -0.118. The zero-order chi connectivity index (χ0) is 19.1. The average Bonchev–Trinajstić information content (AvgIpc) is 2.68. The second kappa shape index (κ2) is 9.24.